The van der Waals surface area contributed by atoms with Crippen molar-refractivity contribution in [3.05, 3.63) is 69.0 Å². The van der Waals surface area contributed by atoms with Crippen LogP contribution in [-0.4, -0.2) is 17.6 Å². The Hall–Kier alpha value is -3.49. The second kappa shape index (κ2) is 8.80. The lowest BCUT2D eigenvalue weighted by Gasteiger charge is -2.17. The van der Waals surface area contributed by atoms with Crippen molar-refractivity contribution in [2.45, 2.75) is 6.18 Å². The van der Waals surface area contributed by atoms with Gasteiger partial charge in [-0.2, -0.15) is 18.4 Å². The lowest BCUT2D eigenvalue weighted by Crippen LogP contribution is -2.12. The summed E-state index contributed by atoms with van der Waals surface area (Å²) >= 11 is 12.0. The third kappa shape index (κ3) is 4.53. The smallest absolute Gasteiger partial charge is 0.416 e. The maximum absolute atomic E-state index is 14.4. The first-order valence-corrected chi connectivity index (χ1v) is 9.37. The summed E-state index contributed by atoms with van der Waals surface area (Å²) in [5.74, 6) is -5.89. The van der Waals surface area contributed by atoms with Gasteiger partial charge >= 0.3 is 12.1 Å². The van der Waals surface area contributed by atoms with E-state index >= 15 is 0 Å². The molecule has 0 amide bonds. The monoisotopic (exact) mass is 505 g/mol. The lowest BCUT2D eigenvalue weighted by molar-refractivity contribution is -0.138. The van der Waals surface area contributed by atoms with Crippen LogP contribution in [0.1, 0.15) is 21.6 Å². The molecule has 0 saturated heterocycles. The van der Waals surface area contributed by atoms with E-state index in [1.54, 1.807) is 6.07 Å². The number of halogens is 7. The number of nitrogen functional groups attached to an aromatic ring is 1. The summed E-state index contributed by atoms with van der Waals surface area (Å²) in [6, 6.07) is 4.01. The Balaban J connectivity index is 2.24. The minimum Gasteiger partial charge on any atom is -0.464 e. The largest absolute Gasteiger partial charge is 0.464 e. The van der Waals surface area contributed by atoms with E-state index < -0.39 is 40.8 Å². The molecule has 33 heavy (non-hydrogen) atoms. The van der Waals surface area contributed by atoms with Crippen LogP contribution in [0.4, 0.5) is 27.6 Å². The molecule has 0 aliphatic heterocycles. The molecule has 172 valence electrons. The third-order valence-electron chi connectivity index (χ3n) is 4.34. The molecule has 3 rings (SSSR count). The number of rotatable bonds is 4. The minimum atomic E-state index is -5.00. The molecule has 3 aromatic rings. The van der Waals surface area contributed by atoms with Gasteiger partial charge in [0.05, 0.1) is 39.7 Å². The predicted octanol–water partition coefficient (Wildman–Crippen LogP) is 6.11. The van der Waals surface area contributed by atoms with Gasteiger partial charge in [-0.3, -0.25) is 0 Å². The Morgan fingerprint density at radius 2 is 1.70 bits per heavy atom. The molecule has 0 bridgehead atoms. The SMILES string of the molecule is COC(=O)c1c(N)c(C#N)cn1-c1cc(Cl)c(Cl)cc1Oc1c(F)cc(C(F)(F)F)cc1F. The molecule has 0 saturated carbocycles. The number of anilines is 1. The van der Waals surface area contributed by atoms with Crippen LogP contribution in [-0.2, 0) is 10.9 Å². The second-order valence-electron chi connectivity index (χ2n) is 6.38. The number of nitrogens with zero attached hydrogens (tertiary/aromatic N) is 2. The van der Waals surface area contributed by atoms with Gasteiger partial charge in [0.1, 0.15) is 6.07 Å². The van der Waals surface area contributed by atoms with E-state index in [9.17, 15) is 32.0 Å². The summed E-state index contributed by atoms with van der Waals surface area (Å²) in [5, 5.41) is 9.02. The van der Waals surface area contributed by atoms with Gasteiger partial charge in [0.25, 0.3) is 0 Å². The third-order valence-corrected chi connectivity index (χ3v) is 5.06. The number of aromatic nitrogens is 1. The van der Waals surface area contributed by atoms with Crippen LogP contribution in [0.25, 0.3) is 5.69 Å². The highest BCUT2D eigenvalue weighted by Crippen LogP contribution is 2.40. The molecule has 0 atom stereocenters. The van der Waals surface area contributed by atoms with Crippen molar-refractivity contribution in [2.24, 2.45) is 0 Å². The molecule has 2 aromatic carbocycles. The number of hydrogen-bond donors (Lipinski definition) is 1. The van der Waals surface area contributed by atoms with Crippen LogP contribution in [0.5, 0.6) is 11.5 Å². The highest BCUT2D eigenvalue weighted by molar-refractivity contribution is 6.42. The molecule has 0 spiro atoms. The minimum absolute atomic E-state index is 0.0525. The number of benzene rings is 2. The molecule has 0 radical (unpaired) electrons. The van der Waals surface area contributed by atoms with Gasteiger partial charge in [0.2, 0.25) is 0 Å². The molecule has 6 nitrogen and oxygen atoms in total. The Morgan fingerprint density at radius 3 is 2.21 bits per heavy atom. The van der Waals surface area contributed by atoms with E-state index in [0.717, 1.165) is 30.0 Å². The van der Waals surface area contributed by atoms with Crippen LogP contribution < -0.4 is 10.5 Å². The van der Waals surface area contributed by atoms with Crippen molar-refractivity contribution < 1.29 is 36.2 Å². The standard InChI is InChI=1S/C20H10Cl2F5N3O3/c1-32-19(31)17-16(29)8(6-28)7-30(17)14-4-10(21)11(22)5-15(14)33-18-12(23)2-9(3-13(18)24)20(25,26)27/h2-5,7H,29H2,1H3. The van der Waals surface area contributed by atoms with Crippen LogP contribution in [0.3, 0.4) is 0 Å². The summed E-state index contributed by atoms with van der Waals surface area (Å²) < 4.78 is 78.1. The summed E-state index contributed by atoms with van der Waals surface area (Å²) in [6.45, 7) is 0. The fourth-order valence-electron chi connectivity index (χ4n) is 2.82. The summed E-state index contributed by atoms with van der Waals surface area (Å²) in [4.78, 5) is 12.3. The number of esters is 1. The Labute approximate surface area is 192 Å². The average molecular weight is 506 g/mol. The van der Waals surface area contributed by atoms with Gasteiger partial charge < -0.3 is 19.8 Å². The van der Waals surface area contributed by atoms with Crippen molar-refractivity contribution in [3.8, 4) is 23.3 Å². The normalized spacial score (nSPS) is 11.2. The highest BCUT2D eigenvalue weighted by Gasteiger charge is 2.33. The first-order chi connectivity index (χ1) is 15.4. The zero-order valence-corrected chi connectivity index (χ0v) is 17.7. The van der Waals surface area contributed by atoms with Crippen molar-refractivity contribution >= 4 is 34.9 Å². The first-order valence-electron chi connectivity index (χ1n) is 8.61. The molecule has 0 aliphatic rings. The molecule has 1 aromatic heterocycles. The topological polar surface area (TPSA) is 90.3 Å². The van der Waals surface area contributed by atoms with E-state index in [1.165, 1.54) is 0 Å². The Kier molecular flexibility index (Phi) is 6.44. The van der Waals surface area contributed by atoms with Gasteiger partial charge in [-0.1, -0.05) is 23.2 Å². The van der Waals surface area contributed by atoms with E-state index in [-0.39, 0.29) is 44.8 Å². The summed E-state index contributed by atoms with van der Waals surface area (Å²) in [5.41, 5.74) is 3.33. The molecule has 0 fully saturated rings. The molecule has 2 N–H and O–H groups in total. The predicted molar refractivity (Wildman–Crippen MR) is 108 cm³/mol. The number of ether oxygens (including phenoxy) is 2. The molecular weight excluding hydrogens is 496 g/mol. The maximum Gasteiger partial charge on any atom is 0.416 e. The van der Waals surface area contributed by atoms with Gasteiger partial charge in [-0.15, -0.1) is 0 Å². The number of carbonyl (C=O) groups excluding carboxylic acids is 1. The van der Waals surface area contributed by atoms with E-state index in [0.29, 0.717) is 0 Å². The number of methoxy groups -OCH3 is 1. The van der Waals surface area contributed by atoms with Crippen molar-refractivity contribution in [2.75, 3.05) is 12.8 Å². The first kappa shape index (κ1) is 24.2. The van der Waals surface area contributed by atoms with E-state index in [2.05, 4.69) is 4.74 Å². The van der Waals surface area contributed by atoms with Gasteiger partial charge in [-0.05, 0) is 18.2 Å². The van der Waals surface area contributed by atoms with Gasteiger partial charge in [0.15, 0.2) is 28.8 Å². The molecule has 0 aliphatic carbocycles. The average Bonchev–Trinajstić information content (AvgIpc) is 3.07. The molecule has 1 heterocycles. The molecule has 0 unspecified atom stereocenters. The van der Waals surface area contributed by atoms with Crippen LogP contribution in [0, 0.1) is 23.0 Å². The van der Waals surface area contributed by atoms with Crippen molar-refractivity contribution in [1.29, 1.82) is 5.26 Å². The molecular formula is C20H10Cl2F5N3O3. The Morgan fingerprint density at radius 1 is 1.12 bits per heavy atom. The van der Waals surface area contributed by atoms with E-state index in [1.807, 2.05) is 0 Å². The number of nitrogens with two attached hydrogens (primary N) is 1. The fraction of sp³-hybridized carbons (Fsp3) is 0.100. The summed E-state index contributed by atoms with van der Waals surface area (Å²) in [7, 11) is 1.05. The number of nitriles is 1. The van der Waals surface area contributed by atoms with Crippen LogP contribution in [0.2, 0.25) is 10.0 Å². The summed E-state index contributed by atoms with van der Waals surface area (Å²) in [6.07, 6.45) is -3.89. The quantitative estimate of drug-likeness (QED) is 0.341. The number of hydrogen-bond acceptors (Lipinski definition) is 5. The second-order valence-corrected chi connectivity index (χ2v) is 7.20. The van der Waals surface area contributed by atoms with Crippen molar-refractivity contribution in [1.82, 2.24) is 4.57 Å². The van der Waals surface area contributed by atoms with Gasteiger partial charge in [0, 0.05) is 12.3 Å². The number of alkyl halides is 3. The molecule has 13 heteroatoms. The lowest BCUT2D eigenvalue weighted by atomic mass is 10.2. The number of carbonyl (C=O) groups is 1. The maximum atomic E-state index is 14.4. The zero-order chi connectivity index (χ0) is 24.7. The van der Waals surface area contributed by atoms with Crippen LogP contribution >= 0.6 is 23.2 Å². The van der Waals surface area contributed by atoms with Gasteiger partial charge in [-0.25, -0.2) is 13.6 Å². The van der Waals surface area contributed by atoms with E-state index in [4.69, 9.17) is 33.7 Å². The zero-order valence-electron chi connectivity index (χ0n) is 16.2. The fourth-order valence-corrected chi connectivity index (χ4v) is 3.14. The highest BCUT2D eigenvalue weighted by atomic mass is 35.5. The van der Waals surface area contributed by atoms with Crippen LogP contribution in [0.15, 0.2) is 30.5 Å². The van der Waals surface area contributed by atoms with Crippen molar-refractivity contribution in [3.63, 3.8) is 0 Å². The Bertz CT molecular complexity index is 1290.